The average molecular weight is 197 g/mol. The van der Waals surface area contributed by atoms with Crippen molar-refractivity contribution < 1.29 is 14.3 Å². The minimum Gasteiger partial charge on any atom is -0.481 e. The summed E-state index contributed by atoms with van der Waals surface area (Å²) in [7, 11) is 0. The van der Waals surface area contributed by atoms with E-state index in [4.69, 9.17) is 10.8 Å². The number of hydrogen-bond acceptors (Lipinski definition) is 2. The molecule has 0 heterocycles. The van der Waals surface area contributed by atoms with Crippen molar-refractivity contribution in [3.8, 4) is 0 Å². The molecule has 0 saturated heterocycles. The van der Waals surface area contributed by atoms with Gasteiger partial charge < -0.3 is 10.8 Å². The van der Waals surface area contributed by atoms with Gasteiger partial charge in [0.25, 0.3) is 0 Å². The molecular formula is C10H12FNO2. The first-order chi connectivity index (χ1) is 6.65. The van der Waals surface area contributed by atoms with E-state index in [1.54, 1.807) is 18.2 Å². The van der Waals surface area contributed by atoms with Crippen LogP contribution in [0, 0.1) is 5.82 Å². The molecule has 3 N–H and O–H groups in total. The maximum atomic E-state index is 13.2. The smallest absolute Gasteiger partial charge is 0.304 e. The quantitative estimate of drug-likeness (QED) is 0.765. The minimum atomic E-state index is -0.969. The zero-order valence-electron chi connectivity index (χ0n) is 7.61. The molecule has 3 nitrogen and oxygen atoms in total. The second-order valence-electron chi connectivity index (χ2n) is 3.05. The normalized spacial score (nSPS) is 12.4. The Morgan fingerprint density at radius 1 is 1.50 bits per heavy atom. The van der Waals surface area contributed by atoms with Crippen LogP contribution in [0.25, 0.3) is 0 Å². The Bertz CT molecular complexity index is 328. The van der Waals surface area contributed by atoms with E-state index in [1.807, 2.05) is 0 Å². The van der Waals surface area contributed by atoms with Crippen molar-refractivity contribution in [3.63, 3.8) is 0 Å². The molecule has 0 aliphatic carbocycles. The Hall–Kier alpha value is -1.42. The molecule has 0 spiro atoms. The number of hydrogen-bond donors (Lipinski definition) is 2. The number of carboxylic acids is 1. The molecule has 0 saturated carbocycles. The molecule has 4 heteroatoms. The predicted octanol–water partition coefficient (Wildman–Crippen LogP) is 1.34. The van der Waals surface area contributed by atoms with Gasteiger partial charge in [0, 0.05) is 5.92 Å². The molecule has 0 fully saturated rings. The summed E-state index contributed by atoms with van der Waals surface area (Å²) in [6, 6.07) is 6.10. The third kappa shape index (κ3) is 2.53. The van der Waals surface area contributed by atoms with Gasteiger partial charge in [-0.25, -0.2) is 4.39 Å². The van der Waals surface area contributed by atoms with Crippen molar-refractivity contribution in [3.05, 3.63) is 35.6 Å². The Morgan fingerprint density at radius 3 is 2.64 bits per heavy atom. The number of aliphatic carboxylic acids is 1. The number of halogens is 1. The molecule has 0 aromatic heterocycles. The fourth-order valence-electron chi connectivity index (χ4n) is 1.34. The maximum Gasteiger partial charge on any atom is 0.304 e. The van der Waals surface area contributed by atoms with E-state index in [0.717, 1.165) is 0 Å². The monoisotopic (exact) mass is 197 g/mol. The lowest BCUT2D eigenvalue weighted by Crippen LogP contribution is -2.17. The summed E-state index contributed by atoms with van der Waals surface area (Å²) in [5, 5.41) is 8.59. The molecule has 1 rings (SSSR count). The molecular weight excluding hydrogens is 185 g/mol. The van der Waals surface area contributed by atoms with Crippen molar-refractivity contribution in [2.24, 2.45) is 5.73 Å². The van der Waals surface area contributed by atoms with Gasteiger partial charge in [0.05, 0.1) is 6.42 Å². The van der Waals surface area contributed by atoms with Gasteiger partial charge in [-0.15, -0.1) is 0 Å². The van der Waals surface area contributed by atoms with Gasteiger partial charge in [-0.3, -0.25) is 4.79 Å². The SMILES string of the molecule is NC[C@H](CC(=O)O)c1ccccc1F. The van der Waals surface area contributed by atoms with E-state index in [0.29, 0.717) is 5.56 Å². The zero-order valence-corrected chi connectivity index (χ0v) is 7.61. The van der Waals surface area contributed by atoms with Crippen LogP contribution < -0.4 is 5.73 Å². The third-order valence-electron chi connectivity index (χ3n) is 2.05. The van der Waals surface area contributed by atoms with Crippen LogP contribution in [0.4, 0.5) is 4.39 Å². The van der Waals surface area contributed by atoms with Gasteiger partial charge >= 0.3 is 5.97 Å². The summed E-state index contributed by atoms with van der Waals surface area (Å²) in [6.45, 7) is 0.132. The van der Waals surface area contributed by atoms with Gasteiger partial charge in [-0.1, -0.05) is 18.2 Å². The zero-order chi connectivity index (χ0) is 10.6. The summed E-state index contributed by atoms with van der Waals surface area (Å²) >= 11 is 0. The van der Waals surface area contributed by atoms with Crippen LogP contribution in [0.5, 0.6) is 0 Å². The third-order valence-corrected chi connectivity index (χ3v) is 2.05. The lowest BCUT2D eigenvalue weighted by Gasteiger charge is -2.12. The summed E-state index contributed by atoms with van der Waals surface area (Å²) in [5.41, 5.74) is 5.76. The maximum absolute atomic E-state index is 13.2. The second kappa shape index (κ2) is 4.72. The Kier molecular flexibility index (Phi) is 3.59. The molecule has 14 heavy (non-hydrogen) atoms. The highest BCUT2D eigenvalue weighted by Gasteiger charge is 2.16. The van der Waals surface area contributed by atoms with Crippen molar-refractivity contribution >= 4 is 5.97 Å². The predicted molar refractivity (Wildman–Crippen MR) is 50.4 cm³/mol. The summed E-state index contributed by atoms with van der Waals surface area (Å²) in [6.07, 6.45) is -0.141. The number of carbonyl (C=O) groups is 1. The van der Waals surface area contributed by atoms with E-state index in [9.17, 15) is 9.18 Å². The van der Waals surface area contributed by atoms with Crippen LogP contribution in [0.15, 0.2) is 24.3 Å². The minimum absolute atomic E-state index is 0.132. The van der Waals surface area contributed by atoms with Crippen molar-refractivity contribution in [1.29, 1.82) is 0 Å². The molecule has 1 aromatic carbocycles. The van der Waals surface area contributed by atoms with Gasteiger partial charge in [0.2, 0.25) is 0 Å². The number of nitrogens with two attached hydrogens (primary N) is 1. The van der Waals surface area contributed by atoms with Gasteiger partial charge in [-0.05, 0) is 18.2 Å². The van der Waals surface area contributed by atoms with Crippen LogP contribution in [0.2, 0.25) is 0 Å². The molecule has 76 valence electrons. The first kappa shape index (κ1) is 10.7. The van der Waals surface area contributed by atoms with E-state index in [1.165, 1.54) is 6.07 Å². The van der Waals surface area contributed by atoms with Crippen LogP contribution in [0.3, 0.4) is 0 Å². The second-order valence-corrected chi connectivity index (χ2v) is 3.05. The van der Waals surface area contributed by atoms with Crippen LogP contribution in [-0.4, -0.2) is 17.6 Å². The summed E-state index contributed by atoms with van der Waals surface area (Å²) < 4.78 is 13.2. The molecule has 0 bridgehead atoms. The molecule has 0 amide bonds. The van der Waals surface area contributed by atoms with Crippen molar-refractivity contribution in [2.75, 3.05) is 6.54 Å². The summed E-state index contributed by atoms with van der Waals surface area (Å²) in [4.78, 5) is 10.5. The fraction of sp³-hybridized carbons (Fsp3) is 0.300. The fourth-order valence-corrected chi connectivity index (χ4v) is 1.34. The van der Waals surface area contributed by atoms with Gasteiger partial charge in [0.15, 0.2) is 0 Å². The first-order valence-corrected chi connectivity index (χ1v) is 4.31. The number of benzene rings is 1. The molecule has 1 atom stereocenters. The Labute approximate surface area is 81.4 Å². The molecule has 0 aliphatic rings. The van der Waals surface area contributed by atoms with Crippen molar-refractivity contribution in [2.45, 2.75) is 12.3 Å². The first-order valence-electron chi connectivity index (χ1n) is 4.31. The lowest BCUT2D eigenvalue weighted by atomic mass is 9.95. The highest BCUT2D eigenvalue weighted by molar-refractivity contribution is 5.68. The van der Waals surface area contributed by atoms with Crippen molar-refractivity contribution in [1.82, 2.24) is 0 Å². The van der Waals surface area contributed by atoms with Gasteiger partial charge in [0.1, 0.15) is 5.82 Å². The Balaban J connectivity index is 2.89. The van der Waals surface area contributed by atoms with Crippen LogP contribution >= 0.6 is 0 Å². The van der Waals surface area contributed by atoms with Crippen LogP contribution in [-0.2, 0) is 4.79 Å². The van der Waals surface area contributed by atoms with E-state index in [2.05, 4.69) is 0 Å². The summed E-state index contributed by atoms with van der Waals surface area (Å²) in [5.74, 6) is -1.82. The molecule has 0 unspecified atom stereocenters. The Morgan fingerprint density at radius 2 is 2.14 bits per heavy atom. The lowest BCUT2D eigenvalue weighted by molar-refractivity contribution is -0.137. The standard InChI is InChI=1S/C10H12FNO2/c11-9-4-2-1-3-8(9)7(6-12)5-10(13)14/h1-4,7H,5-6,12H2,(H,13,14)/t7-/m0/s1. The van der Waals surface area contributed by atoms with E-state index in [-0.39, 0.29) is 13.0 Å². The molecule has 0 aliphatic heterocycles. The topological polar surface area (TPSA) is 63.3 Å². The molecule has 1 aromatic rings. The van der Waals surface area contributed by atoms with Crippen LogP contribution in [0.1, 0.15) is 17.9 Å². The largest absolute Gasteiger partial charge is 0.481 e. The number of rotatable bonds is 4. The highest BCUT2D eigenvalue weighted by Crippen LogP contribution is 2.21. The molecule has 0 radical (unpaired) electrons. The van der Waals surface area contributed by atoms with E-state index < -0.39 is 17.7 Å². The highest BCUT2D eigenvalue weighted by atomic mass is 19.1. The average Bonchev–Trinajstić information content (AvgIpc) is 2.15. The van der Waals surface area contributed by atoms with E-state index >= 15 is 0 Å². The number of carboxylic acid groups (broad SMARTS) is 1. The van der Waals surface area contributed by atoms with Gasteiger partial charge in [-0.2, -0.15) is 0 Å².